The number of halogens is 1. The summed E-state index contributed by atoms with van der Waals surface area (Å²) >= 11 is 6.18. The highest BCUT2D eigenvalue weighted by Gasteiger charge is 2.24. The van der Waals surface area contributed by atoms with E-state index < -0.39 is 5.97 Å². The molecule has 26 heavy (non-hydrogen) atoms. The molecular formula is C19H16ClN3O3. The molecule has 0 aliphatic heterocycles. The first-order chi connectivity index (χ1) is 12.5. The first-order valence-corrected chi connectivity index (χ1v) is 8.18. The van der Waals surface area contributed by atoms with E-state index in [9.17, 15) is 4.79 Å². The smallest absolute Gasteiger partial charge is 0.371 e. The van der Waals surface area contributed by atoms with Crippen molar-refractivity contribution in [1.82, 2.24) is 5.16 Å². The van der Waals surface area contributed by atoms with E-state index in [0.29, 0.717) is 27.6 Å². The Hall–Kier alpha value is -3.12. The van der Waals surface area contributed by atoms with Crippen LogP contribution in [0.15, 0.2) is 58.2 Å². The molecule has 2 N–H and O–H groups in total. The Morgan fingerprint density at radius 3 is 2.54 bits per heavy atom. The summed E-state index contributed by atoms with van der Waals surface area (Å²) in [5.74, 6) is -0.338. The number of carbonyl (C=O) groups is 1. The fourth-order valence-corrected chi connectivity index (χ4v) is 2.59. The molecule has 1 heterocycles. The van der Waals surface area contributed by atoms with E-state index in [-0.39, 0.29) is 11.4 Å². The molecule has 0 bridgehead atoms. The Morgan fingerprint density at radius 2 is 1.85 bits per heavy atom. The minimum atomic E-state index is -0.728. The van der Waals surface area contributed by atoms with Crippen LogP contribution in [0.5, 0.6) is 0 Å². The first-order valence-electron chi connectivity index (χ1n) is 7.80. The van der Waals surface area contributed by atoms with Gasteiger partial charge in [-0.05, 0) is 19.9 Å². The van der Waals surface area contributed by atoms with Crippen molar-refractivity contribution in [3.8, 4) is 11.3 Å². The van der Waals surface area contributed by atoms with Crippen LogP contribution < -0.4 is 5.73 Å². The second-order valence-corrected chi connectivity index (χ2v) is 6.07. The Kier molecular flexibility index (Phi) is 5.04. The maximum Gasteiger partial charge on any atom is 0.371 e. The molecule has 1 aromatic heterocycles. The van der Waals surface area contributed by atoms with Crippen molar-refractivity contribution < 1.29 is 14.2 Å². The van der Waals surface area contributed by atoms with Crippen LogP contribution in [0.3, 0.4) is 0 Å². The lowest BCUT2D eigenvalue weighted by molar-refractivity contribution is 0.0515. The summed E-state index contributed by atoms with van der Waals surface area (Å²) in [6, 6.07) is 14.4. The highest BCUT2D eigenvalue weighted by Crippen LogP contribution is 2.31. The number of benzene rings is 2. The van der Waals surface area contributed by atoms with Crippen molar-refractivity contribution in [2.45, 2.75) is 13.8 Å². The van der Waals surface area contributed by atoms with E-state index in [4.69, 9.17) is 26.7 Å². The van der Waals surface area contributed by atoms with Gasteiger partial charge in [-0.2, -0.15) is 0 Å². The van der Waals surface area contributed by atoms with Crippen molar-refractivity contribution in [3.63, 3.8) is 0 Å². The highest BCUT2D eigenvalue weighted by molar-refractivity contribution is 6.33. The lowest BCUT2D eigenvalue weighted by Gasteiger charge is -2.04. The van der Waals surface area contributed by atoms with Gasteiger partial charge in [0.2, 0.25) is 0 Å². The Morgan fingerprint density at radius 1 is 1.15 bits per heavy atom. The molecule has 2 aromatic carbocycles. The molecule has 0 saturated carbocycles. The summed E-state index contributed by atoms with van der Waals surface area (Å²) in [7, 11) is 0. The quantitative estimate of drug-likeness (QED) is 0.323. The van der Waals surface area contributed by atoms with E-state index in [1.54, 1.807) is 43.3 Å². The number of amidine groups is 1. The minimum Gasteiger partial charge on any atom is -0.380 e. The number of hydrogen-bond acceptors (Lipinski definition) is 5. The third kappa shape index (κ3) is 3.60. The van der Waals surface area contributed by atoms with Gasteiger partial charge in [0.05, 0.1) is 5.02 Å². The molecule has 6 nitrogen and oxygen atoms in total. The van der Waals surface area contributed by atoms with Crippen molar-refractivity contribution in [3.05, 3.63) is 76.0 Å². The summed E-state index contributed by atoms with van der Waals surface area (Å²) in [4.78, 5) is 17.5. The van der Waals surface area contributed by atoms with Crippen molar-refractivity contribution in [2.75, 3.05) is 0 Å². The maximum absolute atomic E-state index is 12.5. The first kappa shape index (κ1) is 17.7. The SMILES string of the molecule is Cc1ccc(/C(N)=N/OC(=O)c2c(-c3ccccc3Cl)noc2C)cc1. The van der Waals surface area contributed by atoms with Gasteiger partial charge in [0, 0.05) is 11.1 Å². The average Bonchev–Trinajstić information content (AvgIpc) is 3.02. The van der Waals surface area contributed by atoms with Gasteiger partial charge in [0.25, 0.3) is 0 Å². The monoisotopic (exact) mass is 369 g/mol. The molecule has 0 radical (unpaired) electrons. The van der Waals surface area contributed by atoms with Crippen LogP contribution in [0, 0.1) is 13.8 Å². The van der Waals surface area contributed by atoms with E-state index in [1.807, 2.05) is 19.1 Å². The number of nitrogens with zero attached hydrogens (tertiary/aromatic N) is 2. The molecule has 132 valence electrons. The van der Waals surface area contributed by atoms with Crippen LogP contribution in [-0.2, 0) is 4.84 Å². The summed E-state index contributed by atoms with van der Waals surface area (Å²) in [6.07, 6.45) is 0. The molecule has 3 aromatic rings. The molecule has 3 rings (SSSR count). The topological polar surface area (TPSA) is 90.7 Å². The average molecular weight is 370 g/mol. The Balaban J connectivity index is 1.87. The van der Waals surface area contributed by atoms with Gasteiger partial charge in [0.1, 0.15) is 17.0 Å². The van der Waals surface area contributed by atoms with Gasteiger partial charge in [0.15, 0.2) is 5.84 Å². The molecule has 0 aliphatic carbocycles. The van der Waals surface area contributed by atoms with Crippen molar-refractivity contribution >= 4 is 23.4 Å². The van der Waals surface area contributed by atoms with E-state index >= 15 is 0 Å². The van der Waals surface area contributed by atoms with Gasteiger partial charge in [-0.25, -0.2) is 4.79 Å². The third-order valence-corrected chi connectivity index (χ3v) is 4.10. The van der Waals surface area contributed by atoms with Crippen LogP contribution in [-0.4, -0.2) is 17.0 Å². The lowest BCUT2D eigenvalue weighted by atomic mass is 10.1. The molecule has 0 atom stereocenters. The molecule has 0 aliphatic rings. The molecule has 7 heteroatoms. The predicted molar refractivity (Wildman–Crippen MR) is 99.0 cm³/mol. The molecule has 0 unspecified atom stereocenters. The summed E-state index contributed by atoms with van der Waals surface area (Å²) < 4.78 is 5.14. The lowest BCUT2D eigenvalue weighted by Crippen LogP contribution is -2.15. The van der Waals surface area contributed by atoms with Crippen molar-refractivity contribution in [1.29, 1.82) is 0 Å². The number of oxime groups is 1. The van der Waals surface area contributed by atoms with Gasteiger partial charge < -0.3 is 15.1 Å². The molecule has 0 saturated heterocycles. The van der Waals surface area contributed by atoms with E-state index in [1.165, 1.54) is 0 Å². The zero-order valence-electron chi connectivity index (χ0n) is 14.2. The Bertz CT molecular complexity index is 978. The predicted octanol–water partition coefficient (Wildman–Crippen LogP) is 4.09. The zero-order valence-corrected chi connectivity index (χ0v) is 14.9. The third-order valence-electron chi connectivity index (χ3n) is 3.77. The van der Waals surface area contributed by atoms with E-state index in [2.05, 4.69) is 10.3 Å². The maximum atomic E-state index is 12.5. The summed E-state index contributed by atoms with van der Waals surface area (Å²) in [5, 5.41) is 8.09. The van der Waals surface area contributed by atoms with Gasteiger partial charge in [-0.1, -0.05) is 69.9 Å². The molecule has 0 fully saturated rings. The van der Waals surface area contributed by atoms with Crippen LogP contribution in [0.25, 0.3) is 11.3 Å². The van der Waals surface area contributed by atoms with Crippen LogP contribution in [0.4, 0.5) is 0 Å². The number of nitrogens with two attached hydrogens (primary N) is 1. The van der Waals surface area contributed by atoms with Crippen molar-refractivity contribution in [2.24, 2.45) is 10.9 Å². The van der Waals surface area contributed by atoms with Gasteiger partial charge in [-0.15, -0.1) is 0 Å². The fourth-order valence-electron chi connectivity index (χ4n) is 2.36. The standard InChI is InChI=1S/C19H16ClN3O3/c1-11-7-9-13(10-8-11)18(21)23-26-19(24)16-12(2)25-22-17(16)14-5-3-4-6-15(14)20/h3-10H,1-2H3,(H2,21,23). The Labute approximate surface area is 155 Å². The number of aromatic nitrogens is 1. The normalized spacial score (nSPS) is 11.4. The van der Waals surface area contributed by atoms with Crippen LogP contribution >= 0.6 is 11.6 Å². The van der Waals surface area contributed by atoms with E-state index in [0.717, 1.165) is 5.56 Å². The zero-order chi connectivity index (χ0) is 18.7. The summed E-state index contributed by atoms with van der Waals surface area (Å²) in [6.45, 7) is 3.57. The van der Waals surface area contributed by atoms with Crippen LogP contribution in [0.1, 0.15) is 27.2 Å². The molecular weight excluding hydrogens is 354 g/mol. The second-order valence-electron chi connectivity index (χ2n) is 5.66. The van der Waals surface area contributed by atoms with Gasteiger partial charge in [-0.3, -0.25) is 0 Å². The van der Waals surface area contributed by atoms with Crippen LogP contribution in [0.2, 0.25) is 5.02 Å². The highest BCUT2D eigenvalue weighted by atomic mass is 35.5. The molecule has 0 spiro atoms. The largest absolute Gasteiger partial charge is 0.380 e. The minimum absolute atomic E-state index is 0.0896. The number of rotatable bonds is 4. The number of carbonyl (C=O) groups excluding carboxylic acids is 1. The number of hydrogen-bond donors (Lipinski definition) is 1. The summed E-state index contributed by atoms with van der Waals surface area (Å²) in [5.41, 5.74) is 8.62. The van der Waals surface area contributed by atoms with Gasteiger partial charge >= 0.3 is 5.97 Å². The fraction of sp³-hybridized carbons (Fsp3) is 0.105. The molecule has 0 amide bonds. The second kappa shape index (κ2) is 7.41. The number of aryl methyl sites for hydroxylation is 2.